The van der Waals surface area contributed by atoms with Crippen molar-refractivity contribution in [3.8, 4) is 0 Å². The van der Waals surface area contributed by atoms with Crippen LogP contribution in [0.25, 0.3) is 0 Å². The molecule has 0 aliphatic rings. The van der Waals surface area contributed by atoms with E-state index in [1.165, 1.54) is 0 Å². The van der Waals surface area contributed by atoms with Crippen LogP contribution in [-0.2, 0) is 4.79 Å². The van der Waals surface area contributed by atoms with Gasteiger partial charge in [-0.25, -0.2) is 0 Å². The minimum Gasteiger partial charge on any atom is -0.333 e. The van der Waals surface area contributed by atoms with Gasteiger partial charge in [-0.1, -0.05) is 13.8 Å². The average molecular weight is 214 g/mol. The van der Waals surface area contributed by atoms with Gasteiger partial charge in [0.2, 0.25) is 5.91 Å². The standard InChI is InChI=1S/C12H26N2O/c1-10(2)7-8-12(15)14(6)9-13(5)11(3)4/h10-11H,7-9H2,1-6H3. The molecule has 0 unspecified atom stereocenters. The maximum absolute atomic E-state index is 11.7. The van der Waals surface area contributed by atoms with Crippen molar-refractivity contribution >= 4 is 5.91 Å². The fourth-order valence-electron chi connectivity index (χ4n) is 1.18. The summed E-state index contributed by atoms with van der Waals surface area (Å²) in [5, 5.41) is 0. The zero-order chi connectivity index (χ0) is 12.0. The predicted octanol–water partition coefficient (Wildman–Crippen LogP) is 2.18. The Labute approximate surface area is 94.4 Å². The largest absolute Gasteiger partial charge is 0.333 e. The van der Waals surface area contributed by atoms with Crippen molar-refractivity contribution in [2.24, 2.45) is 5.92 Å². The van der Waals surface area contributed by atoms with E-state index in [1.807, 2.05) is 19.0 Å². The minimum atomic E-state index is 0.246. The number of hydrogen-bond acceptors (Lipinski definition) is 2. The highest BCUT2D eigenvalue weighted by molar-refractivity contribution is 5.75. The third-order valence-corrected chi connectivity index (χ3v) is 2.68. The maximum atomic E-state index is 11.7. The van der Waals surface area contributed by atoms with E-state index in [4.69, 9.17) is 0 Å². The molecule has 0 aromatic heterocycles. The first-order valence-corrected chi connectivity index (χ1v) is 5.78. The Morgan fingerprint density at radius 3 is 2.07 bits per heavy atom. The molecule has 0 rings (SSSR count). The van der Waals surface area contributed by atoms with Gasteiger partial charge in [0.15, 0.2) is 0 Å². The normalized spacial score (nSPS) is 11.5. The summed E-state index contributed by atoms with van der Waals surface area (Å²) in [5.41, 5.74) is 0. The Morgan fingerprint density at radius 1 is 1.13 bits per heavy atom. The number of nitrogens with zero attached hydrogens (tertiary/aromatic N) is 2. The molecule has 0 saturated carbocycles. The zero-order valence-electron chi connectivity index (χ0n) is 11.1. The molecule has 0 radical (unpaired) electrons. The van der Waals surface area contributed by atoms with E-state index in [0.717, 1.165) is 6.42 Å². The summed E-state index contributed by atoms with van der Waals surface area (Å²) in [7, 11) is 3.92. The van der Waals surface area contributed by atoms with Crippen LogP contribution in [0.2, 0.25) is 0 Å². The molecule has 0 atom stereocenters. The molecule has 0 heterocycles. The molecule has 3 heteroatoms. The summed E-state index contributed by atoms with van der Waals surface area (Å²) < 4.78 is 0. The number of carbonyl (C=O) groups is 1. The van der Waals surface area contributed by atoms with Gasteiger partial charge in [0.05, 0.1) is 6.67 Å². The summed E-state index contributed by atoms with van der Waals surface area (Å²) in [6, 6.07) is 0.477. The highest BCUT2D eigenvalue weighted by atomic mass is 16.2. The topological polar surface area (TPSA) is 23.6 Å². The van der Waals surface area contributed by atoms with Crippen LogP contribution >= 0.6 is 0 Å². The lowest BCUT2D eigenvalue weighted by Gasteiger charge is -2.27. The monoisotopic (exact) mass is 214 g/mol. The maximum Gasteiger partial charge on any atom is 0.223 e. The molecular weight excluding hydrogens is 188 g/mol. The summed E-state index contributed by atoms with van der Waals surface area (Å²) in [5.74, 6) is 0.848. The number of amides is 1. The number of hydrogen-bond donors (Lipinski definition) is 0. The smallest absolute Gasteiger partial charge is 0.223 e. The van der Waals surface area contributed by atoms with E-state index in [-0.39, 0.29) is 5.91 Å². The quantitative estimate of drug-likeness (QED) is 0.633. The fourth-order valence-corrected chi connectivity index (χ4v) is 1.18. The summed E-state index contributed by atoms with van der Waals surface area (Å²) >= 11 is 0. The van der Waals surface area contributed by atoms with Crippen LogP contribution in [0.15, 0.2) is 0 Å². The average Bonchev–Trinajstić information content (AvgIpc) is 2.13. The lowest BCUT2D eigenvalue weighted by atomic mass is 10.1. The first-order valence-electron chi connectivity index (χ1n) is 5.78. The molecule has 0 fully saturated rings. The second kappa shape index (κ2) is 6.83. The van der Waals surface area contributed by atoms with Crippen LogP contribution in [0.4, 0.5) is 0 Å². The van der Waals surface area contributed by atoms with Crippen LogP contribution in [0.5, 0.6) is 0 Å². The molecule has 0 spiro atoms. The van der Waals surface area contributed by atoms with Crippen LogP contribution in [0.3, 0.4) is 0 Å². The lowest BCUT2D eigenvalue weighted by Crippen LogP contribution is -2.40. The molecule has 90 valence electrons. The molecule has 0 aromatic rings. The van der Waals surface area contributed by atoms with Gasteiger partial charge in [-0.3, -0.25) is 9.69 Å². The molecule has 1 amide bonds. The van der Waals surface area contributed by atoms with E-state index in [9.17, 15) is 4.79 Å². The Morgan fingerprint density at radius 2 is 1.67 bits per heavy atom. The Hall–Kier alpha value is -0.570. The van der Waals surface area contributed by atoms with Gasteiger partial charge in [-0.05, 0) is 33.2 Å². The van der Waals surface area contributed by atoms with E-state index in [0.29, 0.717) is 25.0 Å². The summed E-state index contributed by atoms with van der Waals surface area (Å²) in [6.45, 7) is 9.27. The van der Waals surface area contributed by atoms with Gasteiger partial charge in [-0.2, -0.15) is 0 Å². The minimum absolute atomic E-state index is 0.246. The highest BCUT2D eigenvalue weighted by Gasteiger charge is 2.12. The van der Waals surface area contributed by atoms with Crippen molar-refractivity contribution in [1.29, 1.82) is 0 Å². The van der Waals surface area contributed by atoms with E-state index >= 15 is 0 Å². The lowest BCUT2D eigenvalue weighted by molar-refractivity contribution is -0.132. The fraction of sp³-hybridized carbons (Fsp3) is 0.917. The van der Waals surface area contributed by atoms with Crippen molar-refractivity contribution in [2.45, 2.75) is 46.6 Å². The second-order valence-corrected chi connectivity index (χ2v) is 5.02. The zero-order valence-corrected chi connectivity index (χ0v) is 11.1. The van der Waals surface area contributed by atoms with Crippen LogP contribution in [0, 0.1) is 5.92 Å². The SMILES string of the molecule is CC(C)CCC(=O)N(C)CN(C)C(C)C. The Kier molecular flexibility index (Phi) is 6.57. The van der Waals surface area contributed by atoms with Gasteiger partial charge in [0, 0.05) is 19.5 Å². The highest BCUT2D eigenvalue weighted by Crippen LogP contribution is 2.06. The first kappa shape index (κ1) is 14.4. The second-order valence-electron chi connectivity index (χ2n) is 5.02. The van der Waals surface area contributed by atoms with Crippen molar-refractivity contribution in [3.05, 3.63) is 0 Å². The van der Waals surface area contributed by atoms with Gasteiger partial charge >= 0.3 is 0 Å². The third kappa shape index (κ3) is 6.50. The molecular formula is C12H26N2O. The van der Waals surface area contributed by atoms with Gasteiger partial charge in [0.1, 0.15) is 0 Å². The third-order valence-electron chi connectivity index (χ3n) is 2.68. The van der Waals surface area contributed by atoms with Crippen LogP contribution in [-0.4, -0.2) is 42.5 Å². The van der Waals surface area contributed by atoms with Gasteiger partial charge in [-0.15, -0.1) is 0 Å². The Balaban J connectivity index is 3.88. The summed E-state index contributed by atoms with van der Waals surface area (Å²) in [4.78, 5) is 15.7. The molecule has 0 aromatic carbocycles. The van der Waals surface area contributed by atoms with Crippen molar-refractivity contribution in [1.82, 2.24) is 9.80 Å². The van der Waals surface area contributed by atoms with Crippen LogP contribution < -0.4 is 0 Å². The first-order chi connectivity index (χ1) is 6.84. The number of rotatable bonds is 6. The van der Waals surface area contributed by atoms with Gasteiger partial charge in [0.25, 0.3) is 0 Å². The van der Waals surface area contributed by atoms with E-state index < -0.39 is 0 Å². The van der Waals surface area contributed by atoms with E-state index in [1.54, 1.807) is 0 Å². The van der Waals surface area contributed by atoms with Crippen molar-refractivity contribution < 1.29 is 4.79 Å². The molecule has 0 aliphatic carbocycles. The van der Waals surface area contributed by atoms with Crippen molar-refractivity contribution in [3.63, 3.8) is 0 Å². The van der Waals surface area contributed by atoms with Gasteiger partial charge < -0.3 is 4.90 Å². The molecule has 0 aliphatic heterocycles. The Bertz CT molecular complexity index is 190. The molecule has 0 bridgehead atoms. The van der Waals surface area contributed by atoms with Crippen molar-refractivity contribution in [2.75, 3.05) is 20.8 Å². The molecule has 3 nitrogen and oxygen atoms in total. The molecule has 0 saturated heterocycles. The molecule has 15 heavy (non-hydrogen) atoms. The predicted molar refractivity (Wildman–Crippen MR) is 64.6 cm³/mol. The van der Waals surface area contributed by atoms with E-state index in [2.05, 4.69) is 32.6 Å². The van der Waals surface area contributed by atoms with Crippen LogP contribution in [0.1, 0.15) is 40.5 Å². The summed E-state index contributed by atoms with van der Waals surface area (Å²) in [6.07, 6.45) is 1.65. The number of carbonyl (C=O) groups excluding carboxylic acids is 1. The molecule has 0 N–H and O–H groups in total.